The summed E-state index contributed by atoms with van der Waals surface area (Å²) >= 11 is 0. The third kappa shape index (κ3) is 2.98. The highest BCUT2D eigenvalue weighted by Gasteiger charge is 2.05. The van der Waals surface area contributed by atoms with Crippen molar-refractivity contribution in [3.63, 3.8) is 0 Å². The van der Waals surface area contributed by atoms with Crippen LogP contribution >= 0.6 is 0 Å². The smallest absolute Gasteiger partial charge is 0.337 e. The van der Waals surface area contributed by atoms with Crippen LogP contribution in [0.3, 0.4) is 0 Å². The molecule has 0 aromatic heterocycles. The maximum absolute atomic E-state index is 11.3. The molecule has 0 fully saturated rings. The minimum absolute atomic E-state index is 0.405. The van der Waals surface area contributed by atoms with Gasteiger partial charge in [0.2, 0.25) is 0 Å². The van der Waals surface area contributed by atoms with Gasteiger partial charge in [-0.05, 0) is 23.8 Å². The molecule has 3 heteroatoms. The Bertz CT molecular complexity index is 419. The van der Waals surface area contributed by atoms with Crippen molar-refractivity contribution in [2.75, 3.05) is 14.2 Å². The molecule has 0 unspecified atom stereocenters. The molecule has 0 radical (unpaired) electrons. The molecule has 0 N–H and O–H groups in total. The van der Waals surface area contributed by atoms with Gasteiger partial charge in [0.25, 0.3) is 0 Å². The molecule has 0 aliphatic carbocycles. The van der Waals surface area contributed by atoms with Crippen LogP contribution in [-0.2, 0) is 9.53 Å². The van der Waals surface area contributed by atoms with Crippen molar-refractivity contribution in [1.82, 2.24) is 0 Å². The van der Waals surface area contributed by atoms with E-state index in [9.17, 15) is 4.79 Å². The number of carbonyl (C=O) groups is 1. The molecule has 0 heterocycles. The van der Waals surface area contributed by atoms with E-state index in [1.165, 1.54) is 13.2 Å². The summed E-state index contributed by atoms with van der Waals surface area (Å²) in [4.78, 5) is 11.3. The van der Waals surface area contributed by atoms with Crippen LogP contribution in [0.15, 0.2) is 42.5 Å². The lowest BCUT2D eigenvalue weighted by Gasteiger charge is -2.02. The Balaban J connectivity index is 3.03. The SMILES string of the molecule is C=CC(=Cc1cccc(OC)c1)C(=O)OC. The first-order chi connectivity index (χ1) is 7.71. The molecule has 0 spiro atoms. The van der Waals surface area contributed by atoms with Crippen LogP contribution in [0.2, 0.25) is 0 Å². The van der Waals surface area contributed by atoms with Crippen LogP contribution in [-0.4, -0.2) is 20.2 Å². The Kier molecular flexibility index (Phi) is 4.33. The molecule has 0 amide bonds. The molecule has 0 bridgehead atoms. The fourth-order valence-electron chi connectivity index (χ4n) is 1.23. The molecule has 16 heavy (non-hydrogen) atoms. The standard InChI is InChI=1S/C13H14O3/c1-4-11(13(14)16-3)8-10-6-5-7-12(9-10)15-2/h4-9H,1H2,2-3H3. The van der Waals surface area contributed by atoms with Crippen LogP contribution < -0.4 is 4.74 Å². The second-order valence-corrected chi connectivity index (χ2v) is 3.07. The Labute approximate surface area is 95.0 Å². The van der Waals surface area contributed by atoms with E-state index >= 15 is 0 Å². The average Bonchev–Trinajstić information content (AvgIpc) is 2.35. The van der Waals surface area contributed by atoms with Crippen molar-refractivity contribution in [3.8, 4) is 5.75 Å². The summed E-state index contributed by atoms with van der Waals surface area (Å²) in [5, 5.41) is 0. The first kappa shape index (κ1) is 12.0. The van der Waals surface area contributed by atoms with Crippen molar-refractivity contribution in [3.05, 3.63) is 48.1 Å². The second-order valence-electron chi connectivity index (χ2n) is 3.07. The summed E-state index contributed by atoms with van der Waals surface area (Å²) in [6, 6.07) is 7.38. The van der Waals surface area contributed by atoms with Crippen LogP contribution in [0.5, 0.6) is 5.75 Å². The fraction of sp³-hybridized carbons (Fsp3) is 0.154. The zero-order valence-electron chi connectivity index (χ0n) is 9.40. The van der Waals surface area contributed by atoms with Crippen LogP contribution in [0, 0.1) is 0 Å². The van der Waals surface area contributed by atoms with Gasteiger partial charge in [0, 0.05) is 0 Å². The minimum Gasteiger partial charge on any atom is -0.497 e. The number of hydrogen-bond donors (Lipinski definition) is 0. The lowest BCUT2D eigenvalue weighted by Crippen LogP contribution is -2.01. The molecule has 1 aromatic carbocycles. The molecule has 84 valence electrons. The zero-order chi connectivity index (χ0) is 12.0. The van der Waals surface area contributed by atoms with Crippen LogP contribution in [0.1, 0.15) is 5.56 Å². The van der Waals surface area contributed by atoms with Crippen molar-refractivity contribution in [2.24, 2.45) is 0 Å². The first-order valence-electron chi connectivity index (χ1n) is 4.77. The lowest BCUT2D eigenvalue weighted by molar-refractivity contribution is -0.135. The van der Waals surface area contributed by atoms with Gasteiger partial charge in [0.15, 0.2) is 0 Å². The maximum Gasteiger partial charge on any atom is 0.337 e. The normalized spacial score (nSPS) is 10.8. The number of carbonyl (C=O) groups excluding carboxylic acids is 1. The van der Waals surface area contributed by atoms with E-state index in [0.29, 0.717) is 5.57 Å². The molecule has 3 nitrogen and oxygen atoms in total. The van der Waals surface area contributed by atoms with Crippen molar-refractivity contribution >= 4 is 12.0 Å². The molecule has 0 saturated carbocycles. The first-order valence-corrected chi connectivity index (χ1v) is 4.77. The number of methoxy groups -OCH3 is 2. The van der Waals surface area contributed by atoms with Gasteiger partial charge >= 0.3 is 5.97 Å². The quantitative estimate of drug-likeness (QED) is 0.442. The highest BCUT2D eigenvalue weighted by Crippen LogP contribution is 2.16. The van der Waals surface area contributed by atoms with E-state index in [2.05, 4.69) is 11.3 Å². The number of rotatable bonds is 4. The Morgan fingerprint density at radius 3 is 2.69 bits per heavy atom. The number of benzene rings is 1. The van der Waals surface area contributed by atoms with E-state index < -0.39 is 5.97 Å². The predicted molar refractivity (Wildman–Crippen MR) is 63.2 cm³/mol. The molecular formula is C13H14O3. The number of hydrogen-bond acceptors (Lipinski definition) is 3. The van der Waals surface area contributed by atoms with E-state index in [4.69, 9.17) is 4.74 Å². The van der Waals surface area contributed by atoms with Gasteiger partial charge in [-0.1, -0.05) is 24.8 Å². The van der Waals surface area contributed by atoms with Gasteiger partial charge < -0.3 is 9.47 Å². The predicted octanol–water partition coefficient (Wildman–Crippen LogP) is 2.44. The maximum atomic E-state index is 11.3. The third-order valence-electron chi connectivity index (χ3n) is 2.06. The van der Waals surface area contributed by atoms with Crippen LogP contribution in [0.25, 0.3) is 6.08 Å². The van der Waals surface area contributed by atoms with Gasteiger partial charge in [-0.25, -0.2) is 4.79 Å². The Morgan fingerprint density at radius 1 is 1.38 bits per heavy atom. The highest BCUT2D eigenvalue weighted by atomic mass is 16.5. The molecule has 0 aliphatic heterocycles. The Morgan fingerprint density at radius 2 is 2.12 bits per heavy atom. The summed E-state index contributed by atoms with van der Waals surface area (Å²) in [7, 11) is 2.93. The van der Waals surface area contributed by atoms with E-state index in [0.717, 1.165) is 11.3 Å². The molecule has 0 aliphatic rings. The van der Waals surface area contributed by atoms with Crippen LogP contribution in [0.4, 0.5) is 0 Å². The average molecular weight is 218 g/mol. The minimum atomic E-state index is -0.405. The number of ether oxygens (including phenoxy) is 2. The monoisotopic (exact) mass is 218 g/mol. The number of esters is 1. The van der Waals surface area contributed by atoms with Gasteiger partial charge in [0.05, 0.1) is 19.8 Å². The van der Waals surface area contributed by atoms with E-state index in [-0.39, 0.29) is 0 Å². The molecule has 0 saturated heterocycles. The van der Waals surface area contributed by atoms with Crippen molar-refractivity contribution in [1.29, 1.82) is 0 Å². The topological polar surface area (TPSA) is 35.5 Å². The third-order valence-corrected chi connectivity index (χ3v) is 2.06. The Hall–Kier alpha value is -2.03. The second kappa shape index (κ2) is 5.75. The summed E-state index contributed by atoms with van der Waals surface area (Å²) in [6.45, 7) is 3.57. The van der Waals surface area contributed by atoms with Crippen molar-refractivity contribution < 1.29 is 14.3 Å². The molecule has 0 atom stereocenters. The highest BCUT2D eigenvalue weighted by molar-refractivity contribution is 5.96. The van der Waals surface area contributed by atoms with E-state index in [1.54, 1.807) is 13.2 Å². The molecule has 1 aromatic rings. The van der Waals surface area contributed by atoms with E-state index in [1.807, 2.05) is 24.3 Å². The summed E-state index contributed by atoms with van der Waals surface area (Å²) in [6.07, 6.45) is 3.16. The zero-order valence-corrected chi connectivity index (χ0v) is 9.40. The fourth-order valence-corrected chi connectivity index (χ4v) is 1.23. The summed E-state index contributed by atoms with van der Waals surface area (Å²) < 4.78 is 9.71. The molecule has 1 rings (SSSR count). The van der Waals surface area contributed by atoms with Gasteiger partial charge in [-0.2, -0.15) is 0 Å². The summed E-state index contributed by atoms with van der Waals surface area (Å²) in [5.41, 5.74) is 1.27. The van der Waals surface area contributed by atoms with Gasteiger partial charge in [-0.15, -0.1) is 0 Å². The molecular weight excluding hydrogens is 204 g/mol. The van der Waals surface area contributed by atoms with Gasteiger partial charge in [0.1, 0.15) is 5.75 Å². The largest absolute Gasteiger partial charge is 0.497 e. The summed E-state index contributed by atoms with van der Waals surface area (Å²) in [5.74, 6) is 0.333. The lowest BCUT2D eigenvalue weighted by atomic mass is 10.1. The van der Waals surface area contributed by atoms with Gasteiger partial charge in [-0.3, -0.25) is 0 Å². The van der Waals surface area contributed by atoms with Crippen molar-refractivity contribution in [2.45, 2.75) is 0 Å².